The van der Waals surface area contributed by atoms with E-state index in [1.807, 2.05) is 0 Å². The van der Waals surface area contributed by atoms with Crippen molar-refractivity contribution in [3.8, 4) is 0 Å². The molecular weight excluding hydrogens is 458 g/mol. The monoisotopic (exact) mass is 472 g/mol. The van der Waals surface area contributed by atoms with Crippen molar-refractivity contribution in [3.63, 3.8) is 0 Å². The van der Waals surface area contributed by atoms with Crippen molar-refractivity contribution in [1.29, 1.82) is 0 Å². The van der Waals surface area contributed by atoms with Crippen LogP contribution < -0.4 is 4.90 Å². The summed E-state index contributed by atoms with van der Waals surface area (Å²) in [6, 6.07) is 10.3. The fourth-order valence-electron chi connectivity index (χ4n) is 3.42. The SMILES string of the molecule is O=C(Cc1ccc(F)cc1)N=C1S[C@@H]2CS(=O)(=O)C[C@H]2N1c1ccc(Cl)c(Cl)c1. The van der Waals surface area contributed by atoms with Crippen molar-refractivity contribution in [1.82, 2.24) is 0 Å². The Hall–Kier alpha value is -1.61. The van der Waals surface area contributed by atoms with Crippen LogP contribution in [0.15, 0.2) is 47.5 Å². The first-order chi connectivity index (χ1) is 13.7. The summed E-state index contributed by atoms with van der Waals surface area (Å²) < 4.78 is 37.3. The summed E-state index contributed by atoms with van der Waals surface area (Å²) in [7, 11) is -3.17. The van der Waals surface area contributed by atoms with Gasteiger partial charge in [-0.25, -0.2) is 12.8 Å². The van der Waals surface area contributed by atoms with Crippen LogP contribution in [0.3, 0.4) is 0 Å². The highest BCUT2D eigenvalue weighted by Gasteiger charge is 2.49. The van der Waals surface area contributed by atoms with Crippen molar-refractivity contribution in [3.05, 3.63) is 63.9 Å². The van der Waals surface area contributed by atoms with Gasteiger partial charge in [-0.05, 0) is 35.9 Å². The molecule has 0 spiro atoms. The molecule has 2 aliphatic heterocycles. The molecule has 2 aliphatic rings. The molecule has 29 heavy (non-hydrogen) atoms. The Bertz CT molecular complexity index is 1110. The molecule has 1 amide bonds. The third kappa shape index (κ3) is 4.45. The van der Waals surface area contributed by atoms with Gasteiger partial charge >= 0.3 is 0 Å². The number of carbonyl (C=O) groups excluding carboxylic acids is 1. The van der Waals surface area contributed by atoms with Gasteiger partial charge in [-0.3, -0.25) is 4.79 Å². The number of benzene rings is 2. The molecule has 0 bridgehead atoms. The van der Waals surface area contributed by atoms with Gasteiger partial charge in [0.2, 0.25) is 0 Å². The molecule has 2 aromatic rings. The van der Waals surface area contributed by atoms with Crippen LogP contribution >= 0.6 is 35.0 Å². The Balaban J connectivity index is 1.65. The summed E-state index contributed by atoms with van der Waals surface area (Å²) in [5.74, 6) is -0.757. The molecule has 5 nitrogen and oxygen atoms in total. The number of fused-ring (bicyclic) bond motifs is 1. The number of aliphatic imine (C=N–C) groups is 1. The highest BCUT2D eigenvalue weighted by molar-refractivity contribution is 8.16. The van der Waals surface area contributed by atoms with Gasteiger partial charge in [0.25, 0.3) is 5.91 Å². The molecule has 2 heterocycles. The lowest BCUT2D eigenvalue weighted by Gasteiger charge is -2.24. The number of thioether (sulfide) groups is 1. The minimum atomic E-state index is -3.17. The molecule has 4 rings (SSSR count). The van der Waals surface area contributed by atoms with Gasteiger partial charge in [0.15, 0.2) is 15.0 Å². The van der Waals surface area contributed by atoms with Crippen LogP contribution in [0.1, 0.15) is 5.56 Å². The third-order valence-corrected chi connectivity index (χ3v) is 8.69. The summed E-state index contributed by atoms with van der Waals surface area (Å²) in [5.41, 5.74) is 1.28. The number of hydrogen-bond donors (Lipinski definition) is 0. The number of amidine groups is 1. The predicted octanol–water partition coefficient (Wildman–Crippen LogP) is 3.98. The average Bonchev–Trinajstić information content (AvgIpc) is 3.10. The lowest BCUT2D eigenvalue weighted by molar-refractivity contribution is -0.117. The number of anilines is 1. The van der Waals surface area contributed by atoms with Crippen LogP contribution in [0.25, 0.3) is 0 Å². The van der Waals surface area contributed by atoms with Crippen molar-refractivity contribution >= 4 is 61.6 Å². The normalized spacial score (nSPS) is 24.1. The van der Waals surface area contributed by atoms with E-state index < -0.39 is 15.7 Å². The fourth-order valence-corrected chi connectivity index (χ4v) is 7.65. The van der Waals surface area contributed by atoms with E-state index in [4.69, 9.17) is 23.2 Å². The second-order valence-electron chi connectivity index (χ2n) is 6.86. The zero-order valence-corrected chi connectivity index (χ0v) is 18.0. The van der Waals surface area contributed by atoms with E-state index in [0.717, 1.165) is 0 Å². The maximum absolute atomic E-state index is 13.1. The topological polar surface area (TPSA) is 66.8 Å². The molecule has 0 N–H and O–H groups in total. The maximum atomic E-state index is 13.1. The molecule has 0 aromatic heterocycles. The zero-order chi connectivity index (χ0) is 20.8. The van der Waals surface area contributed by atoms with Gasteiger partial charge in [-0.1, -0.05) is 47.1 Å². The molecule has 152 valence electrons. The first kappa shape index (κ1) is 20.7. The summed E-state index contributed by atoms with van der Waals surface area (Å²) in [4.78, 5) is 18.5. The minimum absolute atomic E-state index is 0.0178. The Morgan fingerprint density at radius 1 is 1.14 bits per heavy atom. The minimum Gasteiger partial charge on any atom is -0.316 e. The van der Waals surface area contributed by atoms with E-state index in [-0.39, 0.29) is 35.0 Å². The van der Waals surface area contributed by atoms with Crippen LogP contribution in [0.2, 0.25) is 10.0 Å². The quantitative estimate of drug-likeness (QED) is 0.675. The summed E-state index contributed by atoms with van der Waals surface area (Å²) >= 11 is 13.4. The van der Waals surface area contributed by atoms with E-state index >= 15 is 0 Å². The molecule has 2 aromatic carbocycles. The van der Waals surface area contributed by atoms with E-state index in [2.05, 4.69) is 4.99 Å². The van der Waals surface area contributed by atoms with Gasteiger partial charge in [-0.15, -0.1) is 0 Å². The average molecular weight is 473 g/mol. The summed E-state index contributed by atoms with van der Waals surface area (Å²) in [6.07, 6.45) is 0.0210. The fraction of sp³-hybridized carbons (Fsp3) is 0.263. The van der Waals surface area contributed by atoms with Crippen LogP contribution in [0.4, 0.5) is 10.1 Å². The Morgan fingerprint density at radius 2 is 1.86 bits per heavy atom. The molecule has 0 radical (unpaired) electrons. The number of sulfone groups is 1. The van der Waals surface area contributed by atoms with Gasteiger partial charge in [0, 0.05) is 10.9 Å². The highest BCUT2D eigenvalue weighted by Crippen LogP contribution is 2.42. The second kappa shape index (κ2) is 7.91. The Kier molecular flexibility index (Phi) is 5.63. The van der Waals surface area contributed by atoms with Crippen LogP contribution in [0.5, 0.6) is 0 Å². The lowest BCUT2D eigenvalue weighted by atomic mass is 10.1. The predicted molar refractivity (Wildman–Crippen MR) is 115 cm³/mol. The first-order valence-corrected chi connectivity index (χ1v) is 12.1. The third-order valence-electron chi connectivity index (χ3n) is 4.74. The van der Waals surface area contributed by atoms with Crippen molar-refractivity contribution < 1.29 is 17.6 Å². The zero-order valence-electron chi connectivity index (χ0n) is 14.9. The van der Waals surface area contributed by atoms with Crippen LogP contribution in [0, 0.1) is 5.82 Å². The Morgan fingerprint density at radius 3 is 2.55 bits per heavy atom. The molecule has 2 saturated heterocycles. The summed E-state index contributed by atoms with van der Waals surface area (Å²) in [6.45, 7) is 0. The van der Waals surface area contributed by atoms with Crippen LogP contribution in [-0.4, -0.2) is 42.3 Å². The molecule has 2 atom stereocenters. The number of nitrogens with zero attached hydrogens (tertiary/aromatic N) is 2. The number of carbonyl (C=O) groups is 1. The largest absolute Gasteiger partial charge is 0.316 e. The van der Waals surface area contributed by atoms with Crippen molar-refractivity contribution in [2.24, 2.45) is 4.99 Å². The van der Waals surface area contributed by atoms with Gasteiger partial charge in [0.05, 0.1) is 34.0 Å². The maximum Gasteiger partial charge on any atom is 0.252 e. The molecule has 10 heteroatoms. The van der Waals surface area contributed by atoms with Gasteiger partial charge in [0.1, 0.15) is 5.82 Å². The summed E-state index contributed by atoms with van der Waals surface area (Å²) in [5, 5.41) is 0.923. The van der Waals surface area contributed by atoms with E-state index in [1.165, 1.54) is 36.0 Å². The van der Waals surface area contributed by atoms with Crippen molar-refractivity contribution in [2.75, 3.05) is 16.4 Å². The molecule has 0 unspecified atom stereocenters. The number of hydrogen-bond acceptors (Lipinski definition) is 4. The highest BCUT2D eigenvalue weighted by atomic mass is 35.5. The number of rotatable bonds is 3. The van der Waals surface area contributed by atoms with Gasteiger partial charge < -0.3 is 4.90 Å². The molecule has 2 fully saturated rings. The van der Waals surface area contributed by atoms with Crippen molar-refractivity contribution in [2.45, 2.75) is 17.7 Å². The standard InChI is InChI=1S/C19H15Cl2FN2O3S2/c20-14-6-5-13(8-15(14)21)24-16-9-29(26,27)10-17(16)28-19(24)23-18(25)7-11-1-3-12(22)4-2-11/h1-6,8,16-17H,7,9-10H2/t16-,17-/m1/s1. The van der Waals surface area contributed by atoms with E-state index in [9.17, 15) is 17.6 Å². The van der Waals surface area contributed by atoms with E-state index in [0.29, 0.717) is 26.5 Å². The molecule has 0 saturated carbocycles. The first-order valence-electron chi connectivity index (χ1n) is 8.69. The number of halogens is 3. The van der Waals surface area contributed by atoms with E-state index in [1.54, 1.807) is 23.1 Å². The van der Waals surface area contributed by atoms with Gasteiger partial charge in [-0.2, -0.15) is 4.99 Å². The lowest BCUT2D eigenvalue weighted by Crippen LogP contribution is -2.37. The van der Waals surface area contributed by atoms with Crippen LogP contribution in [-0.2, 0) is 21.1 Å². The molecular formula is C19H15Cl2FN2O3S2. The number of amides is 1. The second-order valence-corrected chi connectivity index (χ2v) is 11.0. The molecule has 0 aliphatic carbocycles. The smallest absolute Gasteiger partial charge is 0.252 e. The Labute approximate surface area is 181 Å².